The summed E-state index contributed by atoms with van der Waals surface area (Å²) in [5, 5.41) is 26.4. The number of benzene rings is 6. The number of carbonyl (C=O) groups is 14. The Hall–Kier alpha value is -12.3. The van der Waals surface area contributed by atoms with E-state index in [1.807, 2.05) is 41.5 Å². The topological polar surface area (TPSA) is 470 Å². The molecule has 0 bridgehead atoms. The van der Waals surface area contributed by atoms with Gasteiger partial charge in [-0.15, -0.1) is 0 Å². The first-order valence-corrected chi connectivity index (χ1v) is 48.5. The zero-order valence-corrected chi connectivity index (χ0v) is 81.1. The third kappa shape index (κ3) is 39.6. The van der Waals surface area contributed by atoms with Gasteiger partial charge in [-0.3, -0.25) is 38.4 Å². The molecular weight excluding hydrogens is 1830 g/mol. The van der Waals surface area contributed by atoms with Gasteiger partial charge in [0, 0.05) is 108 Å². The van der Waals surface area contributed by atoms with Gasteiger partial charge in [0.1, 0.15) is 31.1 Å². The summed E-state index contributed by atoms with van der Waals surface area (Å²) in [6, 6.07) is 51.0. The summed E-state index contributed by atoms with van der Waals surface area (Å²) in [6.07, 6.45) is -6.43. The maximum absolute atomic E-state index is 13.8. The number of rotatable bonds is 62. The van der Waals surface area contributed by atoms with Crippen LogP contribution in [0.15, 0.2) is 182 Å². The second-order valence-corrected chi connectivity index (χ2v) is 35.4. The molecule has 9 rings (SSSR count). The molecule has 36 nitrogen and oxygen atoms in total. The molecule has 0 aliphatic carbocycles. The van der Waals surface area contributed by atoms with Gasteiger partial charge in [-0.1, -0.05) is 151 Å². The van der Waals surface area contributed by atoms with E-state index in [0.29, 0.717) is 59.1 Å². The fraction of sp³-hybridized carbons (Fsp3) is 0.524. The fourth-order valence-corrected chi connectivity index (χ4v) is 15.8. The Balaban J connectivity index is 0.726. The molecule has 6 aromatic carbocycles. The molecule has 141 heavy (non-hydrogen) atoms. The lowest BCUT2D eigenvalue weighted by Gasteiger charge is -2.43. The lowest BCUT2D eigenvalue weighted by molar-refractivity contribution is -0.274. The molecule has 15 atom stereocenters. The molecule has 3 fully saturated rings. The number of ether oxygens (including phenoxy) is 15. The summed E-state index contributed by atoms with van der Waals surface area (Å²) < 4.78 is 90.7. The molecule has 6 amide bonds. The summed E-state index contributed by atoms with van der Waals surface area (Å²) in [6.45, 7) is 10.5. The van der Waals surface area contributed by atoms with Gasteiger partial charge >= 0.3 is 41.8 Å². The van der Waals surface area contributed by atoms with E-state index < -0.39 is 126 Å². The number of Topliss-reactive ketones (excluding diaryl/α,β-unsaturated/α-hetero) is 1. The van der Waals surface area contributed by atoms with Crippen molar-refractivity contribution in [2.45, 2.75) is 205 Å². The van der Waals surface area contributed by atoms with E-state index in [1.54, 1.807) is 182 Å². The Morgan fingerprint density at radius 1 is 0.284 bits per heavy atom. The summed E-state index contributed by atoms with van der Waals surface area (Å²) in [5.41, 5.74) is 0.568. The quantitative estimate of drug-likeness (QED) is 0.0106. The SMILES string of the molecule is C[C@@H]1C(COC(=O)c2ccccc2)O[C@@H](OCCCC(=O)NCCCNC(=O)CCOCC(COCCC(=O)NCCCCC(=O)CCO[C@@H]2OC(COC(=O)c3ccccc3)[C@@H](C)[C@H](C)C2OC(=O)c2ccccc2)(COCCC(=O)NCCCNC(=O)CCCO[C@@H]2OC(COC(=O)c3ccccc3)[C@@H](C)[C@H](C)C2OC(=O)c2ccccc2)NC(=O)CCCC(=O)O)C(OC(=O)c2ccccc2)[C@H]1C. The van der Waals surface area contributed by atoms with E-state index in [1.165, 1.54) is 0 Å². The Kier molecular flexibility index (Phi) is 49.0. The first kappa shape index (κ1) is 112. The predicted octanol–water partition coefficient (Wildman–Crippen LogP) is 10.7. The number of nitrogens with one attached hydrogen (secondary N) is 6. The van der Waals surface area contributed by atoms with Crippen molar-refractivity contribution in [3.05, 3.63) is 215 Å². The molecule has 3 aliphatic heterocycles. The van der Waals surface area contributed by atoms with Gasteiger partial charge in [0.15, 0.2) is 37.2 Å². The number of esters is 6. The van der Waals surface area contributed by atoms with Crippen LogP contribution in [0.4, 0.5) is 0 Å². The first-order valence-electron chi connectivity index (χ1n) is 48.5. The second kappa shape index (κ2) is 61.4. The van der Waals surface area contributed by atoms with Gasteiger partial charge in [0.2, 0.25) is 35.4 Å². The average Bonchev–Trinajstić information content (AvgIpc) is 0.805. The molecule has 766 valence electrons. The Morgan fingerprint density at radius 3 is 0.865 bits per heavy atom. The van der Waals surface area contributed by atoms with E-state index in [-0.39, 0.29) is 242 Å². The van der Waals surface area contributed by atoms with Crippen LogP contribution in [0.1, 0.15) is 206 Å². The molecule has 0 radical (unpaired) electrons. The third-order valence-corrected chi connectivity index (χ3v) is 24.7. The van der Waals surface area contributed by atoms with Crippen LogP contribution in [0.2, 0.25) is 0 Å². The zero-order chi connectivity index (χ0) is 101. The van der Waals surface area contributed by atoms with Crippen molar-refractivity contribution >= 4 is 83.0 Å². The second-order valence-electron chi connectivity index (χ2n) is 35.4. The van der Waals surface area contributed by atoms with Crippen LogP contribution >= 0.6 is 0 Å². The molecule has 0 aromatic heterocycles. The normalized spacial score (nSPS) is 21.3. The highest BCUT2D eigenvalue weighted by Gasteiger charge is 2.49. The van der Waals surface area contributed by atoms with Crippen LogP contribution in [-0.2, 0) is 109 Å². The molecule has 0 saturated carbocycles. The minimum Gasteiger partial charge on any atom is -0.481 e. The molecule has 0 spiro atoms. The minimum atomic E-state index is -1.55. The number of amides is 6. The van der Waals surface area contributed by atoms with Gasteiger partial charge in [0.05, 0.1) is 111 Å². The van der Waals surface area contributed by atoms with Gasteiger partial charge < -0.3 is 108 Å². The van der Waals surface area contributed by atoms with Crippen LogP contribution < -0.4 is 31.9 Å². The number of carbonyl (C=O) groups excluding carboxylic acids is 13. The van der Waals surface area contributed by atoms with Crippen molar-refractivity contribution in [1.82, 2.24) is 31.9 Å². The largest absolute Gasteiger partial charge is 0.481 e. The maximum atomic E-state index is 13.8. The number of carboxylic acid groups (broad SMARTS) is 1. The van der Waals surface area contributed by atoms with Gasteiger partial charge in [-0.2, -0.15) is 0 Å². The molecule has 6 aromatic rings. The first-order chi connectivity index (χ1) is 68.1. The summed E-state index contributed by atoms with van der Waals surface area (Å²) in [7, 11) is 0. The molecule has 3 heterocycles. The van der Waals surface area contributed by atoms with E-state index >= 15 is 0 Å². The number of hydrogen-bond acceptors (Lipinski definition) is 29. The van der Waals surface area contributed by atoms with Gasteiger partial charge in [0.25, 0.3) is 0 Å². The van der Waals surface area contributed by atoms with E-state index in [0.717, 1.165) is 0 Å². The Labute approximate surface area is 822 Å². The third-order valence-electron chi connectivity index (χ3n) is 24.7. The van der Waals surface area contributed by atoms with Crippen LogP contribution in [0.3, 0.4) is 0 Å². The van der Waals surface area contributed by atoms with Crippen molar-refractivity contribution in [2.75, 3.05) is 112 Å². The molecular formula is C105H136N6O30. The van der Waals surface area contributed by atoms with E-state index in [2.05, 4.69) is 31.9 Å². The number of unbranched alkanes of at least 4 members (excludes halogenated alkanes) is 1. The predicted molar refractivity (Wildman–Crippen MR) is 511 cm³/mol. The summed E-state index contributed by atoms with van der Waals surface area (Å²) in [5.74, 6) is -8.63. The number of ketones is 1. The summed E-state index contributed by atoms with van der Waals surface area (Å²) >= 11 is 0. The van der Waals surface area contributed by atoms with E-state index in [4.69, 9.17) is 71.1 Å². The van der Waals surface area contributed by atoms with Crippen LogP contribution in [0.5, 0.6) is 0 Å². The van der Waals surface area contributed by atoms with Crippen molar-refractivity contribution in [1.29, 1.82) is 0 Å². The van der Waals surface area contributed by atoms with Crippen molar-refractivity contribution in [3.8, 4) is 0 Å². The van der Waals surface area contributed by atoms with Crippen LogP contribution in [0, 0.1) is 35.5 Å². The Morgan fingerprint density at radius 2 is 0.560 bits per heavy atom. The highest BCUT2D eigenvalue weighted by atomic mass is 16.7. The molecule has 36 heteroatoms. The minimum absolute atomic E-state index is 0.00651. The molecule has 6 unspecified atom stereocenters. The number of aliphatic carboxylic acids is 1. The highest BCUT2D eigenvalue weighted by molar-refractivity contribution is 5.92. The maximum Gasteiger partial charge on any atom is 0.338 e. The van der Waals surface area contributed by atoms with Crippen molar-refractivity contribution < 1.29 is 143 Å². The van der Waals surface area contributed by atoms with Crippen molar-refractivity contribution in [3.63, 3.8) is 0 Å². The van der Waals surface area contributed by atoms with E-state index in [9.17, 15) is 72.2 Å². The zero-order valence-electron chi connectivity index (χ0n) is 81.1. The lowest BCUT2D eigenvalue weighted by Crippen LogP contribution is -2.58. The van der Waals surface area contributed by atoms with Crippen molar-refractivity contribution in [2.24, 2.45) is 35.5 Å². The standard InChI is InChI=1S/C105H136N6O30/c1-70-73(4)93(139-99(124)79-38-19-10-20-39-79)102(136-83(70)64-133-96(121)76-32-13-7-14-33-76)130-58-28-46-86(113)107-54-30-56-109-89(116)51-61-128-68-105(111-91(118)45-27-48-92(119)120,67-127-60-50-88(115)106-53-26-25-44-82(112)49-63-132-104-95(141-101(126)81-42-23-12-24-43-81)75(6)72(3)85(138-104)66-135-98(123)78-36-17-9-18-37-78)69-129-62-52-90(117)110-57-31-55-108-87(114)47-29-59-131-103-94(140-100(125)80-40-21-11-22-41-80)74(5)71(2)84(137-103)65-134-97(122)77-34-15-8-16-35-77/h7-24,32-43,70-75,83-85,93-95,102-104H,25-31,44-69H2,1-6H3,(H,106,115)(H,107,113)(H,108,114)(H,109,116)(H,110,117)(H,111,118)(H,119,120)/t70-,71-,72-,73-,74-,75-,83?,84?,85?,93?,94?,95?,102+,103+,104+,105?/m0/s1. The average molecular weight is 1960 g/mol. The molecule has 3 aliphatic rings. The van der Waals surface area contributed by atoms with Crippen LogP contribution in [-0.4, -0.2) is 261 Å². The highest BCUT2D eigenvalue weighted by Crippen LogP contribution is 2.38. The molecule has 3 saturated heterocycles. The number of carboxylic acids is 1. The number of hydrogen-bond donors (Lipinski definition) is 7. The molecule has 7 N–H and O–H groups in total. The van der Waals surface area contributed by atoms with Gasteiger partial charge in [-0.25, -0.2) is 28.8 Å². The Bertz CT molecular complexity index is 4680. The lowest BCUT2D eigenvalue weighted by atomic mass is 9.83. The fourth-order valence-electron chi connectivity index (χ4n) is 15.8. The van der Waals surface area contributed by atoms with Gasteiger partial charge in [-0.05, 0) is 135 Å². The summed E-state index contributed by atoms with van der Waals surface area (Å²) in [4.78, 5) is 183. The van der Waals surface area contributed by atoms with Crippen LogP contribution in [0.25, 0.3) is 0 Å². The monoisotopic (exact) mass is 1960 g/mol. The smallest absolute Gasteiger partial charge is 0.338 e.